The minimum atomic E-state index is -5.44. The average molecular weight is 313 g/mol. The Labute approximate surface area is 114 Å². The van der Waals surface area contributed by atoms with Crippen LogP contribution in [0.25, 0.3) is 0 Å². The lowest BCUT2D eigenvalue weighted by Crippen LogP contribution is -2.58. The number of carbonyl (C=O) groups excluding carboxylic acids is 1. The monoisotopic (exact) mass is 313 g/mol. The van der Waals surface area contributed by atoms with Crippen LogP contribution in [-0.2, 0) is 0 Å². The first-order valence-corrected chi connectivity index (χ1v) is 5.42. The lowest BCUT2D eigenvalue weighted by Gasteiger charge is -2.28. The second-order valence-electron chi connectivity index (χ2n) is 4.16. The van der Waals surface area contributed by atoms with Crippen LogP contribution in [-0.4, -0.2) is 50.2 Å². The Balaban J connectivity index is 3.36. The van der Waals surface area contributed by atoms with Crippen LogP contribution >= 0.6 is 0 Å². The highest BCUT2D eigenvalue weighted by Crippen LogP contribution is 2.38. The van der Waals surface area contributed by atoms with Crippen LogP contribution < -0.4 is 11.4 Å². The predicted octanol–water partition coefficient (Wildman–Crippen LogP) is -0.602. The average Bonchev–Trinajstić information content (AvgIpc) is 2.40. The third-order valence-electron chi connectivity index (χ3n) is 2.65. The molecule has 1 rings (SSSR count). The van der Waals surface area contributed by atoms with E-state index < -0.39 is 36.2 Å². The van der Waals surface area contributed by atoms with E-state index in [-0.39, 0.29) is 15.9 Å². The number of hydrogen-bond acceptors (Lipinski definition) is 6. The second-order valence-corrected chi connectivity index (χ2v) is 4.16. The first kappa shape index (κ1) is 17.0. The number of nitrogens with zero attached hydrogens (tertiary/aromatic N) is 2. The maximum atomic E-state index is 13.5. The molecule has 0 aliphatic carbocycles. The van der Waals surface area contributed by atoms with E-state index in [1.54, 1.807) is 0 Å². The van der Waals surface area contributed by atoms with Crippen molar-refractivity contribution in [3.63, 3.8) is 0 Å². The molecule has 1 aromatic heterocycles. The molecule has 0 fully saturated rings. The first-order valence-electron chi connectivity index (χ1n) is 5.42. The zero-order chi connectivity index (χ0) is 16.6. The number of aliphatic hydroxyl groups excluding tert-OH is 2. The molecule has 0 aliphatic rings. The fraction of sp³-hybridized carbons (Fsp3) is 0.500. The number of hydrogen-bond donors (Lipinski definition) is 3. The van der Waals surface area contributed by atoms with Gasteiger partial charge in [-0.1, -0.05) is 0 Å². The van der Waals surface area contributed by atoms with E-state index >= 15 is 0 Å². The SMILES string of the molecule is Cc1cn(C(=O)C(F)(F)C(F)(F)[C@H](O)CO)c(=O)nc1N. The molecule has 1 atom stereocenters. The summed E-state index contributed by atoms with van der Waals surface area (Å²) in [6.07, 6.45) is -2.66. The van der Waals surface area contributed by atoms with Gasteiger partial charge in [-0.3, -0.25) is 4.79 Å². The number of nitrogen functional groups attached to an aromatic ring is 1. The van der Waals surface area contributed by atoms with Crippen molar-refractivity contribution in [3.8, 4) is 0 Å². The van der Waals surface area contributed by atoms with Crippen molar-refractivity contribution in [1.29, 1.82) is 0 Å². The molecule has 0 spiro atoms. The smallest absolute Gasteiger partial charge is 0.390 e. The minimum absolute atomic E-state index is 0.0650. The van der Waals surface area contributed by atoms with Gasteiger partial charge in [-0.25, -0.2) is 9.36 Å². The van der Waals surface area contributed by atoms with Gasteiger partial charge < -0.3 is 15.9 Å². The van der Waals surface area contributed by atoms with E-state index in [4.69, 9.17) is 15.9 Å². The molecule has 1 aromatic rings. The largest absolute Gasteiger partial charge is 0.393 e. The highest BCUT2D eigenvalue weighted by atomic mass is 19.3. The summed E-state index contributed by atoms with van der Waals surface area (Å²) in [5, 5.41) is 17.1. The van der Waals surface area contributed by atoms with Gasteiger partial charge in [-0.15, -0.1) is 0 Å². The van der Waals surface area contributed by atoms with E-state index in [0.29, 0.717) is 6.20 Å². The number of alkyl halides is 4. The zero-order valence-corrected chi connectivity index (χ0v) is 10.6. The number of aryl methyl sites for hydroxylation is 1. The van der Waals surface area contributed by atoms with Crippen molar-refractivity contribution >= 4 is 11.7 Å². The topological polar surface area (TPSA) is 118 Å². The van der Waals surface area contributed by atoms with Crippen LogP contribution in [0.2, 0.25) is 0 Å². The fourth-order valence-electron chi connectivity index (χ4n) is 1.32. The molecule has 1 heterocycles. The Morgan fingerprint density at radius 3 is 2.48 bits per heavy atom. The summed E-state index contributed by atoms with van der Waals surface area (Å²) in [5.41, 5.74) is 3.57. The third-order valence-corrected chi connectivity index (χ3v) is 2.65. The van der Waals surface area contributed by atoms with Gasteiger partial charge in [0.15, 0.2) is 0 Å². The molecule has 0 radical (unpaired) electrons. The summed E-state index contributed by atoms with van der Waals surface area (Å²) >= 11 is 0. The second kappa shape index (κ2) is 5.41. The maximum absolute atomic E-state index is 13.5. The van der Waals surface area contributed by atoms with E-state index in [2.05, 4.69) is 4.98 Å². The van der Waals surface area contributed by atoms with Gasteiger partial charge in [-0.05, 0) is 6.92 Å². The van der Waals surface area contributed by atoms with E-state index in [0.717, 1.165) is 0 Å². The number of carbonyl (C=O) groups is 1. The van der Waals surface area contributed by atoms with Gasteiger partial charge in [0.05, 0.1) is 6.61 Å². The van der Waals surface area contributed by atoms with Crippen molar-refractivity contribution in [1.82, 2.24) is 9.55 Å². The molecule has 0 unspecified atom stereocenters. The highest BCUT2D eigenvalue weighted by molar-refractivity contribution is 5.87. The van der Waals surface area contributed by atoms with Crippen molar-refractivity contribution in [2.45, 2.75) is 24.9 Å². The predicted molar refractivity (Wildman–Crippen MR) is 61.3 cm³/mol. The van der Waals surface area contributed by atoms with Crippen LogP contribution in [0.1, 0.15) is 10.4 Å². The Morgan fingerprint density at radius 1 is 1.48 bits per heavy atom. The summed E-state index contributed by atoms with van der Waals surface area (Å²) in [7, 11) is 0. The standard InChI is InChI=1S/C10H11F4N3O4/c1-4-2-17(8(21)16-6(4)15)7(20)10(13,14)9(11,12)5(19)3-18/h2,5,18-19H,3H2,1H3,(H2,15,16,21)/t5-/m1/s1. The van der Waals surface area contributed by atoms with Gasteiger partial charge in [0, 0.05) is 11.8 Å². The summed E-state index contributed by atoms with van der Waals surface area (Å²) in [5.74, 6) is -13.7. The summed E-state index contributed by atoms with van der Waals surface area (Å²) < 4.78 is 53.4. The van der Waals surface area contributed by atoms with Gasteiger partial charge in [0.2, 0.25) is 0 Å². The minimum Gasteiger partial charge on any atom is -0.393 e. The zero-order valence-electron chi connectivity index (χ0n) is 10.6. The Bertz CT molecular complexity index is 617. The molecule has 0 saturated heterocycles. The van der Waals surface area contributed by atoms with Gasteiger partial charge in [0.1, 0.15) is 11.9 Å². The number of rotatable bonds is 4. The van der Waals surface area contributed by atoms with Crippen molar-refractivity contribution < 1.29 is 32.6 Å². The Kier molecular flexibility index (Phi) is 4.39. The third kappa shape index (κ3) is 2.74. The first-order chi connectivity index (χ1) is 9.46. The van der Waals surface area contributed by atoms with Gasteiger partial charge >= 0.3 is 23.4 Å². The number of nitrogens with two attached hydrogens (primary N) is 1. The summed E-state index contributed by atoms with van der Waals surface area (Å²) in [4.78, 5) is 25.8. The summed E-state index contributed by atoms with van der Waals surface area (Å²) in [6, 6.07) is 0. The number of aliphatic hydroxyl groups is 2. The Hall–Kier alpha value is -2.01. The van der Waals surface area contributed by atoms with E-state index in [1.165, 1.54) is 6.92 Å². The van der Waals surface area contributed by atoms with Crippen molar-refractivity contribution in [2.24, 2.45) is 0 Å². The molecule has 21 heavy (non-hydrogen) atoms. The molecule has 7 nitrogen and oxygen atoms in total. The van der Waals surface area contributed by atoms with Crippen LogP contribution in [0.3, 0.4) is 0 Å². The van der Waals surface area contributed by atoms with Crippen LogP contribution in [0.4, 0.5) is 23.4 Å². The van der Waals surface area contributed by atoms with E-state index in [1.807, 2.05) is 0 Å². The van der Waals surface area contributed by atoms with Gasteiger partial charge in [-0.2, -0.15) is 22.5 Å². The number of aromatic nitrogens is 2. The van der Waals surface area contributed by atoms with Crippen LogP contribution in [0.5, 0.6) is 0 Å². The molecule has 0 bridgehead atoms. The quantitative estimate of drug-likeness (QED) is 0.639. The number of halogens is 4. The highest BCUT2D eigenvalue weighted by Gasteiger charge is 2.66. The lowest BCUT2D eigenvalue weighted by molar-refractivity contribution is -0.235. The fourth-order valence-corrected chi connectivity index (χ4v) is 1.32. The molecule has 0 aromatic carbocycles. The van der Waals surface area contributed by atoms with Crippen LogP contribution in [0.15, 0.2) is 11.0 Å². The lowest BCUT2D eigenvalue weighted by atomic mass is 10.1. The molecule has 4 N–H and O–H groups in total. The molecule has 0 saturated carbocycles. The number of anilines is 1. The molecular formula is C10H11F4N3O4. The van der Waals surface area contributed by atoms with E-state index in [9.17, 15) is 27.2 Å². The molecule has 0 amide bonds. The molecular weight excluding hydrogens is 302 g/mol. The van der Waals surface area contributed by atoms with Gasteiger partial charge in [0.25, 0.3) is 0 Å². The molecule has 0 aliphatic heterocycles. The summed E-state index contributed by atoms with van der Waals surface area (Å²) in [6.45, 7) is -0.492. The molecule has 118 valence electrons. The molecule has 11 heteroatoms. The Morgan fingerprint density at radius 2 is 2.00 bits per heavy atom. The van der Waals surface area contributed by atoms with Crippen LogP contribution in [0, 0.1) is 6.92 Å². The van der Waals surface area contributed by atoms with Crippen molar-refractivity contribution in [2.75, 3.05) is 12.3 Å². The maximum Gasteiger partial charge on any atom is 0.390 e. The normalized spacial score (nSPS) is 14.0. The van der Waals surface area contributed by atoms with Crippen molar-refractivity contribution in [3.05, 3.63) is 22.2 Å².